The van der Waals surface area contributed by atoms with Crippen LogP contribution in [0.3, 0.4) is 0 Å². The van der Waals surface area contributed by atoms with Crippen molar-refractivity contribution in [1.29, 1.82) is 0 Å². The molecule has 0 aromatic heterocycles. The molecule has 1 aromatic carbocycles. The lowest BCUT2D eigenvalue weighted by Gasteiger charge is -2.40. The smallest absolute Gasteiger partial charge is 0.227 e. The molecule has 1 fully saturated rings. The van der Waals surface area contributed by atoms with Crippen LogP contribution in [0.25, 0.3) is 0 Å². The molecule has 1 aliphatic heterocycles. The van der Waals surface area contributed by atoms with Crippen LogP contribution in [0.15, 0.2) is 30.3 Å². The maximum Gasteiger partial charge on any atom is 0.227 e. The molecule has 1 aromatic rings. The monoisotopic (exact) mass is 276 g/mol. The van der Waals surface area contributed by atoms with E-state index in [0.717, 1.165) is 5.56 Å². The highest BCUT2D eigenvalue weighted by molar-refractivity contribution is 5.80. The summed E-state index contributed by atoms with van der Waals surface area (Å²) in [6.45, 7) is 7.20. The van der Waals surface area contributed by atoms with Gasteiger partial charge >= 0.3 is 0 Å². The molecule has 1 saturated heterocycles. The zero-order valence-electron chi connectivity index (χ0n) is 12.5. The van der Waals surface area contributed by atoms with Crippen LogP contribution in [0.4, 0.5) is 0 Å². The zero-order chi connectivity index (χ0) is 14.7. The maximum absolute atomic E-state index is 12.7. The van der Waals surface area contributed by atoms with E-state index in [0.29, 0.717) is 13.2 Å². The van der Waals surface area contributed by atoms with Crippen LogP contribution in [0.5, 0.6) is 0 Å². The number of benzene rings is 1. The Morgan fingerprint density at radius 3 is 2.65 bits per heavy atom. The number of amides is 1. The third kappa shape index (κ3) is 3.02. The zero-order valence-corrected chi connectivity index (χ0v) is 12.5. The minimum absolute atomic E-state index is 0.0767. The average Bonchev–Trinajstić information content (AvgIpc) is 2.48. The van der Waals surface area contributed by atoms with E-state index >= 15 is 0 Å². The third-order valence-electron chi connectivity index (χ3n) is 4.28. The van der Waals surface area contributed by atoms with Gasteiger partial charge in [0, 0.05) is 12.6 Å². The topological polar surface area (TPSA) is 55.6 Å². The molecule has 2 N–H and O–H groups in total. The van der Waals surface area contributed by atoms with Gasteiger partial charge in [-0.25, -0.2) is 0 Å². The van der Waals surface area contributed by atoms with Crippen molar-refractivity contribution in [1.82, 2.24) is 4.90 Å². The molecule has 110 valence electrons. The Morgan fingerprint density at radius 1 is 1.35 bits per heavy atom. The molecule has 1 aliphatic rings. The number of hydrogen-bond acceptors (Lipinski definition) is 3. The van der Waals surface area contributed by atoms with Crippen LogP contribution in [-0.4, -0.2) is 36.1 Å². The van der Waals surface area contributed by atoms with E-state index in [1.165, 1.54) is 0 Å². The van der Waals surface area contributed by atoms with Crippen molar-refractivity contribution in [2.45, 2.75) is 39.0 Å². The van der Waals surface area contributed by atoms with Crippen molar-refractivity contribution in [2.24, 2.45) is 11.7 Å². The van der Waals surface area contributed by atoms with E-state index < -0.39 is 0 Å². The molecule has 0 saturated carbocycles. The van der Waals surface area contributed by atoms with Gasteiger partial charge < -0.3 is 15.4 Å². The lowest BCUT2D eigenvalue weighted by molar-refractivity contribution is -0.148. The fourth-order valence-electron chi connectivity index (χ4n) is 2.62. The van der Waals surface area contributed by atoms with Gasteiger partial charge in [-0.2, -0.15) is 0 Å². The maximum atomic E-state index is 12.7. The van der Waals surface area contributed by atoms with Crippen LogP contribution in [0.2, 0.25) is 0 Å². The van der Waals surface area contributed by atoms with Gasteiger partial charge in [-0.05, 0) is 19.4 Å². The normalized spacial score (nSPS) is 26.1. The summed E-state index contributed by atoms with van der Waals surface area (Å²) in [6.07, 6.45) is 0.0767. The van der Waals surface area contributed by atoms with E-state index in [1.807, 2.05) is 56.0 Å². The Morgan fingerprint density at radius 2 is 2.00 bits per heavy atom. The Kier molecular flexibility index (Phi) is 4.78. The van der Waals surface area contributed by atoms with Crippen molar-refractivity contribution < 1.29 is 9.53 Å². The second kappa shape index (κ2) is 6.37. The van der Waals surface area contributed by atoms with E-state index in [4.69, 9.17) is 10.5 Å². The lowest BCUT2D eigenvalue weighted by Crippen LogP contribution is -2.53. The fourth-order valence-corrected chi connectivity index (χ4v) is 2.62. The summed E-state index contributed by atoms with van der Waals surface area (Å²) < 4.78 is 5.57. The highest BCUT2D eigenvalue weighted by Gasteiger charge is 2.33. The quantitative estimate of drug-likeness (QED) is 0.918. The second-order valence-corrected chi connectivity index (χ2v) is 5.57. The minimum atomic E-state index is -0.269. The largest absolute Gasteiger partial charge is 0.375 e. The van der Waals surface area contributed by atoms with Crippen LogP contribution in [-0.2, 0) is 9.53 Å². The van der Waals surface area contributed by atoms with Crippen LogP contribution in [0.1, 0.15) is 32.4 Å². The molecule has 0 radical (unpaired) electrons. The molecular formula is C16H24N2O2. The van der Waals surface area contributed by atoms with Crippen molar-refractivity contribution in [3.8, 4) is 0 Å². The van der Waals surface area contributed by atoms with Gasteiger partial charge in [0.2, 0.25) is 5.91 Å². The molecule has 0 aliphatic carbocycles. The molecule has 0 spiro atoms. The summed E-state index contributed by atoms with van der Waals surface area (Å²) in [7, 11) is 0. The molecule has 4 heteroatoms. The summed E-state index contributed by atoms with van der Waals surface area (Å²) in [4.78, 5) is 14.6. The van der Waals surface area contributed by atoms with Crippen LogP contribution < -0.4 is 5.73 Å². The molecule has 1 heterocycles. The van der Waals surface area contributed by atoms with E-state index in [9.17, 15) is 4.79 Å². The molecule has 4 nitrogen and oxygen atoms in total. The molecule has 1 amide bonds. The molecule has 0 unspecified atom stereocenters. The van der Waals surface area contributed by atoms with Gasteiger partial charge in [0.25, 0.3) is 0 Å². The summed E-state index contributed by atoms with van der Waals surface area (Å²) in [5.41, 5.74) is 7.25. The SMILES string of the molecule is C[C@@H]1OCCN(C(=O)[C@H](C)[C@@H](N)c2ccccc2)[C@H]1C. The number of nitrogens with two attached hydrogens (primary N) is 1. The fraction of sp³-hybridized carbons (Fsp3) is 0.562. The summed E-state index contributed by atoms with van der Waals surface area (Å²) in [6, 6.07) is 9.63. The third-order valence-corrected chi connectivity index (χ3v) is 4.28. The standard InChI is InChI=1S/C16H24N2O2/c1-11(15(17)14-7-5-4-6-8-14)16(19)18-9-10-20-13(3)12(18)2/h4-8,11-13,15H,9-10,17H2,1-3H3/t11-,12+,13+,15-/m1/s1. The number of ether oxygens (including phenoxy) is 1. The Bertz CT molecular complexity index is 449. The molecule has 2 rings (SSSR count). The number of carbonyl (C=O) groups excluding carboxylic acids is 1. The Labute approximate surface area is 120 Å². The van der Waals surface area contributed by atoms with Crippen molar-refractivity contribution >= 4 is 5.91 Å². The first-order valence-electron chi connectivity index (χ1n) is 7.25. The van der Waals surface area contributed by atoms with Gasteiger partial charge in [0.15, 0.2) is 0 Å². The van der Waals surface area contributed by atoms with Gasteiger partial charge in [-0.1, -0.05) is 37.3 Å². The summed E-state index contributed by atoms with van der Waals surface area (Å²) in [5, 5.41) is 0. The number of nitrogens with zero attached hydrogens (tertiary/aromatic N) is 1. The van der Waals surface area contributed by atoms with Gasteiger partial charge in [0.1, 0.15) is 0 Å². The van der Waals surface area contributed by atoms with Gasteiger partial charge in [-0.3, -0.25) is 4.79 Å². The summed E-state index contributed by atoms with van der Waals surface area (Å²) >= 11 is 0. The first-order valence-corrected chi connectivity index (χ1v) is 7.25. The molecule has 20 heavy (non-hydrogen) atoms. The van der Waals surface area contributed by atoms with Crippen molar-refractivity contribution in [3.63, 3.8) is 0 Å². The number of rotatable bonds is 3. The Balaban J connectivity index is 2.08. The van der Waals surface area contributed by atoms with Crippen molar-refractivity contribution in [3.05, 3.63) is 35.9 Å². The summed E-state index contributed by atoms with van der Waals surface area (Å²) in [5.74, 6) is -0.117. The molecule has 0 bridgehead atoms. The van der Waals surface area contributed by atoms with E-state index in [-0.39, 0.29) is 30.0 Å². The predicted octanol–water partition coefficient (Wildman–Crippen LogP) is 1.96. The van der Waals surface area contributed by atoms with Crippen molar-refractivity contribution in [2.75, 3.05) is 13.2 Å². The minimum Gasteiger partial charge on any atom is -0.375 e. The molecular weight excluding hydrogens is 252 g/mol. The highest BCUT2D eigenvalue weighted by Crippen LogP contribution is 2.24. The highest BCUT2D eigenvalue weighted by atomic mass is 16.5. The molecule has 4 atom stereocenters. The van der Waals surface area contributed by atoms with E-state index in [1.54, 1.807) is 0 Å². The second-order valence-electron chi connectivity index (χ2n) is 5.57. The first-order chi connectivity index (χ1) is 9.52. The number of morpholine rings is 1. The van der Waals surface area contributed by atoms with Crippen LogP contribution in [0, 0.1) is 5.92 Å². The average molecular weight is 276 g/mol. The van der Waals surface area contributed by atoms with Crippen LogP contribution >= 0.6 is 0 Å². The van der Waals surface area contributed by atoms with Gasteiger partial charge in [-0.15, -0.1) is 0 Å². The van der Waals surface area contributed by atoms with Gasteiger partial charge in [0.05, 0.1) is 24.7 Å². The predicted molar refractivity (Wildman–Crippen MR) is 79.1 cm³/mol. The number of carbonyl (C=O) groups is 1. The number of hydrogen-bond donors (Lipinski definition) is 1. The Hall–Kier alpha value is -1.39. The van der Waals surface area contributed by atoms with E-state index in [2.05, 4.69) is 0 Å². The first kappa shape index (κ1) is 15.0. The lowest BCUT2D eigenvalue weighted by atomic mass is 9.93.